The molecule has 2 fully saturated rings. The van der Waals surface area contributed by atoms with E-state index in [1.165, 1.54) is 12.1 Å². The first-order chi connectivity index (χ1) is 17.0. The summed E-state index contributed by atoms with van der Waals surface area (Å²) in [5.41, 5.74) is 1.38. The summed E-state index contributed by atoms with van der Waals surface area (Å²) in [7, 11) is 0. The molecule has 0 spiro atoms. The Morgan fingerprint density at radius 3 is 2.69 bits per heavy atom. The first kappa shape index (κ1) is 23.8. The molecule has 1 atom stereocenters. The zero-order valence-electron chi connectivity index (χ0n) is 19.5. The monoisotopic (exact) mass is 500 g/mol. The number of anilines is 1. The number of nitrogens with zero attached hydrogens (tertiary/aromatic N) is 3. The fourth-order valence-electron chi connectivity index (χ4n) is 4.61. The Labute approximate surface area is 209 Å². The summed E-state index contributed by atoms with van der Waals surface area (Å²) in [5, 5.41) is 3.80. The second kappa shape index (κ2) is 10.8. The molecule has 3 aliphatic heterocycles. The quantitative estimate of drug-likeness (QED) is 0.643. The van der Waals surface area contributed by atoms with Gasteiger partial charge in [0.15, 0.2) is 16.6 Å². The summed E-state index contributed by atoms with van der Waals surface area (Å²) in [6.07, 6.45) is 0.921. The van der Waals surface area contributed by atoms with E-state index in [1.54, 1.807) is 30.3 Å². The maximum atomic E-state index is 13.2. The van der Waals surface area contributed by atoms with E-state index in [0.717, 1.165) is 31.7 Å². The fraction of sp³-hybridized carbons (Fsp3) is 0.440. The molecule has 10 heteroatoms. The fourth-order valence-corrected chi connectivity index (χ4v) is 4.89. The normalized spacial score (nSPS) is 20.4. The molecule has 2 aromatic carbocycles. The van der Waals surface area contributed by atoms with Crippen LogP contribution in [0, 0.1) is 5.82 Å². The highest BCUT2D eigenvalue weighted by molar-refractivity contribution is 7.80. The van der Waals surface area contributed by atoms with Gasteiger partial charge in [0.05, 0.1) is 12.7 Å². The zero-order chi connectivity index (χ0) is 24.2. The molecular formula is C25H29FN4O4S. The number of hydrogen-bond donors (Lipinski definition) is 1. The van der Waals surface area contributed by atoms with E-state index in [1.807, 2.05) is 4.90 Å². The van der Waals surface area contributed by atoms with Crippen molar-refractivity contribution >= 4 is 28.9 Å². The summed E-state index contributed by atoms with van der Waals surface area (Å²) in [6, 6.07) is 11.5. The van der Waals surface area contributed by atoms with Crippen molar-refractivity contribution < 1.29 is 23.4 Å². The zero-order valence-corrected chi connectivity index (χ0v) is 20.3. The number of carbonyl (C=O) groups is 1. The van der Waals surface area contributed by atoms with Crippen LogP contribution in [0.1, 0.15) is 16.8 Å². The smallest absolute Gasteiger partial charge is 0.254 e. The number of thiocarbonyl (C=S) groups is 1. The van der Waals surface area contributed by atoms with E-state index in [4.69, 9.17) is 26.4 Å². The molecule has 1 amide bonds. The Balaban J connectivity index is 1.12. The van der Waals surface area contributed by atoms with Gasteiger partial charge in [0.2, 0.25) is 6.79 Å². The highest BCUT2D eigenvalue weighted by atomic mass is 32.1. The molecular weight excluding hydrogens is 471 g/mol. The van der Waals surface area contributed by atoms with Gasteiger partial charge < -0.3 is 29.3 Å². The van der Waals surface area contributed by atoms with Crippen LogP contribution >= 0.6 is 12.2 Å². The summed E-state index contributed by atoms with van der Waals surface area (Å²) < 4.78 is 30.0. The minimum absolute atomic E-state index is 0.0162. The van der Waals surface area contributed by atoms with Gasteiger partial charge >= 0.3 is 0 Å². The number of halogens is 1. The van der Waals surface area contributed by atoms with Gasteiger partial charge in [0.25, 0.3) is 5.91 Å². The standard InChI is InChI=1S/C25H29FN4O4S/c26-19-3-5-20(6-4-19)27-25(35)30-12-13-32-21(16-30)15-28-8-1-9-29(11-10-28)24(31)18-2-7-22-23(14-18)34-17-33-22/h2-7,14,21H,1,8-13,15-17H2,(H,27,35)/t21-/m1/s1. The minimum Gasteiger partial charge on any atom is -0.454 e. The number of hydrogen-bond acceptors (Lipinski definition) is 6. The number of fused-ring (bicyclic) bond motifs is 1. The molecule has 0 aliphatic carbocycles. The summed E-state index contributed by atoms with van der Waals surface area (Å²) >= 11 is 5.58. The van der Waals surface area contributed by atoms with Crippen molar-refractivity contribution in [1.82, 2.24) is 14.7 Å². The summed E-state index contributed by atoms with van der Waals surface area (Å²) in [4.78, 5) is 19.4. The predicted octanol–water partition coefficient (Wildman–Crippen LogP) is 2.80. The molecule has 2 saturated heterocycles. The molecule has 3 aliphatic rings. The lowest BCUT2D eigenvalue weighted by Crippen LogP contribution is -2.51. The van der Waals surface area contributed by atoms with Crippen LogP contribution in [-0.2, 0) is 4.74 Å². The number of nitrogens with one attached hydrogen (secondary N) is 1. The van der Waals surface area contributed by atoms with Crippen LogP contribution in [0.15, 0.2) is 42.5 Å². The Bertz CT molecular complexity index is 1070. The van der Waals surface area contributed by atoms with Crippen LogP contribution in [0.4, 0.5) is 10.1 Å². The van der Waals surface area contributed by atoms with Crippen LogP contribution in [0.5, 0.6) is 11.5 Å². The highest BCUT2D eigenvalue weighted by Crippen LogP contribution is 2.32. The van der Waals surface area contributed by atoms with Crippen LogP contribution < -0.4 is 14.8 Å². The van der Waals surface area contributed by atoms with Gasteiger partial charge in [-0.05, 0) is 67.6 Å². The highest BCUT2D eigenvalue weighted by Gasteiger charge is 2.27. The number of morpholine rings is 1. The second-order valence-electron chi connectivity index (χ2n) is 8.89. The lowest BCUT2D eigenvalue weighted by atomic mass is 10.1. The average molecular weight is 501 g/mol. The first-order valence-electron chi connectivity index (χ1n) is 11.9. The molecule has 2 aromatic rings. The Kier molecular flexibility index (Phi) is 7.31. The molecule has 8 nitrogen and oxygen atoms in total. The Morgan fingerprint density at radius 1 is 1.00 bits per heavy atom. The third-order valence-electron chi connectivity index (χ3n) is 6.48. The van der Waals surface area contributed by atoms with Crippen molar-refractivity contribution in [2.45, 2.75) is 12.5 Å². The van der Waals surface area contributed by atoms with E-state index in [2.05, 4.69) is 15.1 Å². The number of benzene rings is 2. The van der Waals surface area contributed by atoms with Gasteiger partial charge in [-0.15, -0.1) is 0 Å². The second-order valence-corrected chi connectivity index (χ2v) is 9.28. The number of ether oxygens (including phenoxy) is 3. The van der Waals surface area contributed by atoms with Crippen molar-refractivity contribution in [2.75, 3.05) is 64.5 Å². The maximum Gasteiger partial charge on any atom is 0.254 e. The van der Waals surface area contributed by atoms with Crippen LogP contribution in [0.2, 0.25) is 0 Å². The predicted molar refractivity (Wildman–Crippen MR) is 133 cm³/mol. The topological polar surface area (TPSA) is 66.5 Å². The number of carbonyl (C=O) groups excluding carboxylic acids is 1. The molecule has 0 unspecified atom stereocenters. The van der Waals surface area contributed by atoms with Crippen molar-refractivity contribution in [3.05, 3.63) is 53.8 Å². The summed E-state index contributed by atoms with van der Waals surface area (Å²) in [5.74, 6) is 1.04. The van der Waals surface area contributed by atoms with E-state index in [-0.39, 0.29) is 24.6 Å². The van der Waals surface area contributed by atoms with Crippen molar-refractivity contribution in [3.63, 3.8) is 0 Å². The molecule has 5 rings (SSSR count). The lowest BCUT2D eigenvalue weighted by Gasteiger charge is -2.36. The Hall–Kier alpha value is -2.95. The van der Waals surface area contributed by atoms with Crippen LogP contribution in [0.3, 0.4) is 0 Å². The van der Waals surface area contributed by atoms with Gasteiger partial charge in [0, 0.05) is 50.5 Å². The van der Waals surface area contributed by atoms with Crippen molar-refractivity contribution in [2.24, 2.45) is 0 Å². The lowest BCUT2D eigenvalue weighted by molar-refractivity contribution is -0.0224. The van der Waals surface area contributed by atoms with E-state index in [9.17, 15) is 9.18 Å². The third-order valence-corrected chi connectivity index (χ3v) is 6.84. The minimum atomic E-state index is -0.276. The van der Waals surface area contributed by atoms with E-state index >= 15 is 0 Å². The van der Waals surface area contributed by atoms with Gasteiger partial charge in [-0.3, -0.25) is 9.69 Å². The summed E-state index contributed by atoms with van der Waals surface area (Å²) in [6.45, 7) is 6.03. The number of amides is 1. The van der Waals surface area contributed by atoms with Gasteiger partial charge in [-0.25, -0.2) is 4.39 Å². The van der Waals surface area contributed by atoms with Crippen LogP contribution in [0.25, 0.3) is 0 Å². The molecule has 0 saturated carbocycles. The molecule has 35 heavy (non-hydrogen) atoms. The van der Waals surface area contributed by atoms with Gasteiger partial charge in [-0.2, -0.15) is 0 Å². The molecule has 1 N–H and O–H groups in total. The molecule has 0 bridgehead atoms. The third kappa shape index (κ3) is 5.83. The van der Waals surface area contributed by atoms with E-state index < -0.39 is 0 Å². The van der Waals surface area contributed by atoms with Gasteiger partial charge in [-0.1, -0.05) is 0 Å². The molecule has 0 aromatic heterocycles. The number of rotatable bonds is 4. The average Bonchev–Trinajstić information content (AvgIpc) is 3.23. The largest absolute Gasteiger partial charge is 0.454 e. The van der Waals surface area contributed by atoms with Crippen LogP contribution in [-0.4, -0.2) is 91.0 Å². The molecule has 186 valence electrons. The van der Waals surface area contributed by atoms with Gasteiger partial charge in [0.1, 0.15) is 5.82 Å². The van der Waals surface area contributed by atoms with Crippen molar-refractivity contribution in [1.29, 1.82) is 0 Å². The van der Waals surface area contributed by atoms with E-state index in [0.29, 0.717) is 55.0 Å². The molecule has 3 heterocycles. The van der Waals surface area contributed by atoms with Crippen molar-refractivity contribution in [3.8, 4) is 11.5 Å². The Morgan fingerprint density at radius 2 is 1.83 bits per heavy atom. The maximum absolute atomic E-state index is 13.2. The first-order valence-corrected chi connectivity index (χ1v) is 12.3. The molecule has 0 radical (unpaired) electrons. The SMILES string of the molecule is O=C(c1ccc2c(c1)OCO2)N1CCCN(C[C@@H]2CN(C(=S)Nc3ccc(F)cc3)CCO2)CC1.